The minimum absolute atomic E-state index is 0.227. The molecule has 0 saturated heterocycles. The van der Waals surface area contributed by atoms with Gasteiger partial charge in [-0.25, -0.2) is 0 Å². The number of benzene rings is 1. The Balaban J connectivity index is 2.47. The molecule has 0 spiro atoms. The average Bonchev–Trinajstić information content (AvgIpc) is 2.36. The number of hydrogen-bond acceptors (Lipinski definition) is 4. The van der Waals surface area contributed by atoms with E-state index >= 15 is 0 Å². The Morgan fingerprint density at radius 1 is 1.38 bits per heavy atom. The van der Waals surface area contributed by atoms with E-state index in [1.54, 1.807) is 7.11 Å². The first-order chi connectivity index (χ1) is 7.76. The molecule has 0 saturated carbocycles. The third kappa shape index (κ3) is 1.93. The minimum atomic E-state index is 0.227. The van der Waals surface area contributed by atoms with E-state index in [0.29, 0.717) is 19.8 Å². The molecule has 0 aromatic heterocycles. The van der Waals surface area contributed by atoms with Crippen molar-refractivity contribution in [2.24, 2.45) is 5.73 Å². The molecule has 0 bridgehead atoms. The monoisotopic (exact) mass is 223 g/mol. The first-order valence-corrected chi connectivity index (χ1v) is 5.44. The van der Waals surface area contributed by atoms with Gasteiger partial charge in [0.1, 0.15) is 19.0 Å². The quantitative estimate of drug-likeness (QED) is 0.844. The molecule has 0 aliphatic carbocycles. The predicted molar refractivity (Wildman–Crippen MR) is 61.5 cm³/mol. The number of methoxy groups -OCH3 is 1. The second-order valence-corrected chi connectivity index (χ2v) is 3.88. The highest BCUT2D eigenvalue weighted by Crippen LogP contribution is 2.40. The van der Waals surface area contributed by atoms with Crippen molar-refractivity contribution in [1.29, 1.82) is 0 Å². The number of rotatable bonds is 3. The minimum Gasteiger partial charge on any atom is -0.497 e. The van der Waals surface area contributed by atoms with Gasteiger partial charge >= 0.3 is 0 Å². The summed E-state index contributed by atoms with van der Waals surface area (Å²) >= 11 is 0. The summed E-state index contributed by atoms with van der Waals surface area (Å²) in [5.74, 6) is 2.57. The standard InChI is InChI=1S/C12H17NO3/c1-8(7-13)10-5-9(14-2)6-11-12(10)16-4-3-15-11/h5-6,8H,3-4,7,13H2,1-2H3. The Morgan fingerprint density at radius 2 is 2.12 bits per heavy atom. The molecule has 0 amide bonds. The second-order valence-electron chi connectivity index (χ2n) is 3.88. The van der Waals surface area contributed by atoms with Crippen LogP contribution in [0.25, 0.3) is 0 Å². The molecule has 1 aromatic rings. The largest absolute Gasteiger partial charge is 0.497 e. The predicted octanol–water partition coefficient (Wildman–Crippen LogP) is 1.53. The summed E-state index contributed by atoms with van der Waals surface area (Å²) in [6.07, 6.45) is 0. The van der Waals surface area contributed by atoms with E-state index in [1.165, 1.54) is 0 Å². The van der Waals surface area contributed by atoms with Crippen LogP contribution >= 0.6 is 0 Å². The molecular weight excluding hydrogens is 206 g/mol. The van der Waals surface area contributed by atoms with E-state index in [1.807, 2.05) is 12.1 Å². The van der Waals surface area contributed by atoms with Crippen molar-refractivity contribution < 1.29 is 14.2 Å². The summed E-state index contributed by atoms with van der Waals surface area (Å²) in [5.41, 5.74) is 6.74. The summed E-state index contributed by atoms with van der Waals surface area (Å²) in [6, 6.07) is 3.81. The van der Waals surface area contributed by atoms with Crippen LogP contribution in [0.1, 0.15) is 18.4 Å². The van der Waals surface area contributed by atoms with Crippen LogP contribution in [0.5, 0.6) is 17.2 Å². The molecule has 2 N–H and O–H groups in total. The Kier molecular flexibility index (Phi) is 3.19. The van der Waals surface area contributed by atoms with Gasteiger partial charge in [-0.1, -0.05) is 6.92 Å². The van der Waals surface area contributed by atoms with Crippen LogP contribution in [0.15, 0.2) is 12.1 Å². The molecule has 1 aromatic carbocycles. The molecule has 1 heterocycles. The lowest BCUT2D eigenvalue weighted by Crippen LogP contribution is -2.19. The zero-order chi connectivity index (χ0) is 11.5. The van der Waals surface area contributed by atoms with E-state index in [4.69, 9.17) is 19.9 Å². The normalized spacial score (nSPS) is 15.7. The lowest BCUT2D eigenvalue weighted by molar-refractivity contribution is 0.168. The molecular formula is C12H17NO3. The van der Waals surface area contributed by atoms with Crippen LogP contribution < -0.4 is 19.9 Å². The Bertz CT molecular complexity index is 379. The van der Waals surface area contributed by atoms with Gasteiger partial charge in [0, 0.05) is 11.6 Å². The zero-order valence-corrected chi connectivity index (χ0v) is 9.66. The fourth-order valence-electron chi connectivity index (χ4n) is 1.77. The number of fused-ring (bicyclic) bond motifs is 1. The molecule has 0 radical (unpaired) electrons. The number of hydrogen-bond donors (Lipinski definition) is 1. The fourth-order valence-corrected chi connectivity index (χ4v) is 1.77. The third-order valence-electron chi connectivity index (χ3n) is 2.76. The van der Waals surface area contributed by atoms with E-state index in [-0.39, 0.29) is 5.92 Å². The van der Waals surface area contributed by atoms with Crippen molar-refractivity contribution in [2.75, 3.05) is 26.9 Å². The van der Waals surface area contributed by atoms with Gasteiger partial charge in [0.05, 0.1) is 7.11 Å². The van der Waals surface area contributed by atoms with Crippen molar-refractivity contribution in [2.45, 2.75) is 12.8 Å². The van der Waals surface area contributed by atoms with Crippen molar-refractivity contribution in [3.63, 3.8) is 0 Å². The Hall–Kier alpha value is -1.42. The Labute approximate surface area is 95.3 Å². The highest BCUT2D eigenvalue weighted by atomic mass is 16.6. The van der Waals surface area contributed by atoms with Crippen molar-refractivity contribution in [1.82, 2.24) is 0 Å². The van der Waals surface area contributed by atoms with Gasteiger partial charge in [-0.15, -0.1) is 0 Å². The highest BCUT2D eigenvalue weighted by Gasteiger charge is 2.20. The Morgan fingerprint density at radius 3 is 2.81 bits per heavy atom. The average molecular weight is 223 g/mol. The topological polar surface area (TPSA) is 53.7 Å². The highest BCUT2D eigenvalue weighted by molar-refractivity contribution is 5.53. The molecule has 1 aliphatic heterocycles. The van der Waals surface area contributed by atoms with Gasteiger partial charge in [-0.2, -0.15) is 0 Å². The lowest BCUT2D eigenvalue weighted by Gasteiger charge is -2.24. The third-order valence-corrected chi connectivity index (χ3v) is 2.76. The van der Waals surface area contributed by atoms with Gasteiger partial charge in [-0.05, 0) is 18.5 Å². The smallest absolute Gasteiger partial charge is 0.165 e. The maximum Gasteiger partial charge on any atom is 0.165 e. The van der Waals surface area contributed by atoms with E-state index < -0.39 is 0 Å². The molecule has 1 atom stereocenters. The molecule has 88 valence electrons. The van der Waals surface area contributed by atoms with Crippen LogP contribution in [-0.4, -0.2) is 26.9 Å². The van der Waals surface area contributed by atoms with Gasteiger partial charge in [0.25, 0.3) is 0 Å². The van der Waals surface area contributed by atoms with Crippen molar-refractivity contribution in [3.05, 3.63) is 17.7 Å². The summed E-state index contributed by atoms with van der Waals surface area (Å²) in [6.45, 7) is 3.80. The summed E-state index contributed by atoms with van der Waals surface area (Å²) in [4.78, 5) is 0. The van der Waals surface area contributed by atoms with Crippen LogP contribution in [-0.2, 0) is 0 Å². The van der Waals surface area contributed by atoms with E-state index in [2.05, 4.69) is 6.92 Å². The molecule has 1 unspecified atom stereocenters. The van der Waals surface area contributed by atoms with Crippen LogP contribution in [0.3, 0.4) is 0 Å². The van der Waals surface area contributed by atoms with Crippen LogP contribution in [0.4, 0.5) is 0 Å². The number of ether oxygens (including phenoxy) is 3. The van der Waals surface area contributed by atoms with Gasteiger partial charge in [0.15, 0.2) is 11.5 Å². The first-order valence-electron chi connectivity index (χ1n) is 5.44. The van der Waals surface area contributed by atoms with Crippen LogP contribution in [0, 0.1) is 0 Å². The van der Waals surface area contributed by atoms with Gasteiger partial charge in [-0.3, -0.25) is 0 Å². The zero-order valence-electron chi connectivity index (χ0n) is 9.66. The molecule has 2 rings (SSSR count). The maximum atomic E-state index is 5.69. The lowest BCUT2D eigenvalue weighted by atomic mass is 9.99. The fraction of sp³-hybridized carbons (Fsp3) is 0.500. The van der Waals surface area contributed by atoms with Crippen molar-refractivity contribution >= 4 is 0 Å². The molecule has 0 fully saturated rings. The second kappa shape index (κ2) is 4.61. The molecule has 4 nitrogen and oxygen atoms in total. The SMILES string of the molecule is COc1cc2c(c(C(C)CN)c1)OCCO2. The summed E-state index contributed by atoms with van der Waals surface area (Å²) in [7, 11) is 1.64. The van der Waals surface area contributed by atoms with E-state index in [0.717, 1.165) is 22.8 Å². The molecule has 16 heavy (non-hydrogen) atoms. The summed E-state index contributed by atoms with van der Waals surface area (Å²) in [5, 5.41) is 0. The van der Waals surface area contributed by atoms with Gasteiger partial charge < -0.3 is 19.9 Å². The van der Waals surface area contributed by atoms with Gasteiger partial charge in [0.2, 0.25) is 0 Å². The first kappa shape index (κ1) is 11.1. The maximum absolute atomic E-state index is 5.69. The van der Waals surface area contributed by atoms with Crippen molar-refractivity contribution in [3.8, 4) is 17.2 Å². The van der Waals surface area contributed by atoms with Crippen LogP contribution in [0.2, 0.25) is 0 Å². The number of nitrogens with two attached hydrogens (primary N) is 1. The molecule has 1 aliphatic rings. The summed E-state index contributed by atoms with van der Waals surface area (Å²) < 4.78 is 16.4. The van der Waals surface area contributed by atoms with E-state index in [9.17, 15) is 0 Å². The molecule has 4 heteroatoms.